The van der Waals surface area contributed by atoms with Gasteiger partial charge in [0.05, 0.1) is 6.04 Å². The lowest BCUT2D eigenvalue weighted by Crippen LogP contribution is -2.48. The molecule has 0 aromatic carbocycles. The molecule has 3 saturated carbocycles. The van der Waals surface area contributed by atoms with Gasteiger partial charge in [-0.15, -0.1) is 0 Å². The molecule has 0 bridgehead atoms. The van der Waals surface area contributed by atoms with Crippen LogP contribution in [0.25, 0.3) is 0 Å². The molecule has 0 radical (unpaired) electrons. The van der Waals surface area contributed by atoms with Gasteiger partial charge in [0.15, 0.2) is 0 Å². The van der Waals surface area contributed by atoms with Crippen molar-refractivity contribution in [3.05, 3.63) is 0 Å². The van der Waals surface area contributed by atoms with E-state index in [1.807, 2.05) is 14.1 Å². The Hall–Kier alpha value is -1.10. The number of fused-ring (bicyclic) bond motifs is 1. The van der Waals surface area contributed by atoms with Gasteiger partial charge in [0.2, 0.25) is 11.8 Å². The van der Waals surface area contributed by atoms with E-state index in [1.165, 1.54) is 64.2 Å². The minimum Gasteiger partial charge on any atom is -0.353 e. The van der Waals surface area contributed by atoms with E-state index in [1.54, 1.807) is 0 Å². The van der Waals surface area contributed by atoms with Crippen LogP contribution in [0.4, 0.5) is 0 Å². The summed E-state index contributed by atoms with van der Waals surface area (Å²) in [6.45, 7) is 6.10. The van der Waals surface area contributed by atoms with Gasteiger partial charge in [0.25, 0.3) is 0 Å². The van der Waals surface area contributed by atoms with E-state index in [0.717, 1.165) is 32.4 Å². The fourth-order valence-corrected chi connectivity index (χ4v) is 7.89. The largest absolute Gasteiger partial charge is 0.353 e. The summed E-state index contributed by atoms with van der Waals surface area (Å²) >= 11 is 0. The second-order valence-electron chi connectivity index (χ2n) is 12.8. The number of hydrogen-bond acceptors (Lipinski definition) is 3. The van der Waals surface area contributed by atoms with E-state index in [0.29, 0.717) is 41.4 Å². The van der Waals surface area contributed by atoms with Crippen LogP contribution in [0, 0.1) is 35.5 Å². The average molecular weight is 474 g/mol. The molecule has 1 heterocycles. The molecule has 2 amide bonds. The molecule has 2 unspecified atom stereocenters. The highest BCUT2D eigenvalue weighted by molar-refractivity contribution is 5.82. The molecule has 1 N–H and O–H groups in total. The maximum Gasteiger partial charge on any atom is 0.239 e. The molecule has 4 rings (SSSR count). The monoisotopic (exact) mass is 473 g/mol. The number of hydrogen-bond donors (Lipinski definition) is 1. The molecule has 5 heteroatoms. The Bertz CT molecular complexity index is 663. The van der Waals surface area contributed by atoms with Crippen LogP contribution in [0.15, 0.2) is 0 Å². The summed E-state index contributed by atoms with van der Waals surface area (Å²) in [5.41, 5.74) is 0. The quantitative estimate of drug-likeness (QED) is 0.534. The van der Waals surface area contributed by atoms with Crippen LogP contribution >= 0.6 is 0 Å². The predicted octanol–water partition coefficient (Wildman–Crippen LogP) is 5.09. The van der Waals surface area contributed by atoms with Crippen molar-refractivity contribution in [2.75, 3.05) is 27.2 Å². The third kappa shape index (κ3) is 5.99. The molecule has 5 nitrogen and oxygen atoms in total. The van der Waals surface area contributed by atoms with Gasteiger partial charge in [0.1, 0.15) is 0 Å². The summed E-state index contributed by atoms with van der Waals surface area (Å²) in [5, 5.41) is 3.60. The average Bonchev–Trinajstić information content (AvgIpc) is 3.40. The zero-order chi connectivity index (χ0) is 24.2. The summed E-state index contributed by atoms with van der Waals surface area (Å²) in [6, 6.07) is 0.224. The molecular weight excluding hydrogens is 422 g/mol. The summed E-state index contributed by atoms with van der Waals surface area (Å²) in [7, 11) is 4.06. The number of carbonyl (C=O) groups is 2. The van der Waals surface area contributed by atoms with Crippen molar-refractivity contribution < 1.29 is 9.59 Å². The van der Waals surface area contributed by atoms with Gasteiger partial charge in [-0.1, -0.05) is 52.4 Å². The van der Waals surface area contributed by atoms with Gasteiger partial charge in [-0.05, 0) is 82.7 Å². The summed E-state index contributed by atoms with van der Waals surface area (Å²) in [5.74, 6) is 3.55. The second kappa shape index (κ2) is 11.8. The lowest BCUT2D eigenvalue weighted by atomic mass is 9.69. The number of rotatable bonds is 8. The third-order valence-electron chi connectivity index (χ3n) is 9.72. The van der Waals surface area contributed by atoms with Crippen LogP contribution in [0.3, 0.4) is 0 Å². The maximum atomic E-state index is 13.8. The van der Waals surface area contributed by atoms with Crippen molar-refractivity contribution in [2.24, 2.45) is 35.5 Å². The van der Waals surface area contributed by atoms with Gasteiger partial charge in [-0.3, -0.25) is 14.5 Å². The van der Waals surface area contributed by atoms with Crippen molar-refractivity contribution in [1.82, 2.24) is 15.1 Å². The smallest absolute Gasteiger partial charge is 0.239 e. The Kier molecular flexibility index (Phi) is 8.98. The molecule has 0 aromatic rings. The number of likely N-dealkylation sites (N-methyl/N-ethyl adjacent to an activating group) is 1. The van der Waals surface area contributed by atoms with E-state index in [4.69, 9.17) is 0 Å². The van der Waals surface area contributed by atoms with Crippen LogP contribution in [-0.2, 0) is 9.59 Å². The molecule has 0 aromatic heterocycles. The second-order valence-corrected chi connectivity index (χ2v) is 12.8. The number of likely N-dealkylation sites (tertiary alicyclic amines) is 1. The highest BCUT2D eigenvalue weighted by atomic mass is 16.2. The fourth-order valence-electron chi connectivity index (χ4n) is 7.89. The molecule has 34 heavy (non-hydrogen) atoms. The first-order chi connectivity index (χ1) is 16.3. The van der Waals surface area contributed by atoms with Gasteiger partial charge >= 0.3 is 0 Å². The molecule has 4 atom stereocenters. The number of carbonyl (C=O) groups excluding carboxylic acids is 2. The number of nitrogens with one attached hydrogen (secondary N) is 1. The lowest BCUT2D eigenvalue weighted by molar-refractivity contribution is -0.136. The van der Waals surface area contributed by atoms with Crippen molar-refractivity contribution in [2.45, 2.75) is 109 Å². The molecule has 194 valence electrons. The minimum absolute atomic E-state index is 0.0335. The van der Waals surface area contributed by atoms with E-state index < -0.39 is 0 Å². The van der Waals surface area contributed by atoms with Gasteiger partial charge in [0, 0.05) is 31.0 Å². The standard InChI is InChI=1S/C29H51N3O2/c1-20(2)17-26(31(3)4)29(34)32-18-23-15-16-25(24(23)19-32)30-28(33)27(21-11-7-5-8-12-21)22-13-9-6-10-14-22/h20-27H,5-19H2,1-4H3,(H,30,33)/t23-,24?,25?,26+/m0/s1. The first-order valence-electron chi connectivity index (χ1n) is 14.6. The highest BCUT2D eigenvalue weighted by Gasteiger charge is 2.47. The molecule has 1 saturated heterocycles. The Labute approximate surface area is 208 Å². The highest BCUT2D eigenvalue weighted by Crippen LogP contribution is 2.42. The van der Waals surface area contributed by atoms with E-state index >= 15 is 0 Å². The molecular formula is C29H51N3O2. The molecule has 1 aliphatic heterocycles. The van der Waals surface area contributed by atoms with Crippen LogP contribution in [-0.4, -0.2) is 60.9 Å². The Balaban J connectivity index is 1.39. The van der Waals surface area contributed by atoms with Crippen molar-refractivity contribution in [1.29, 1.82) is 0 Å². The molecule has 4 fully saturated rings. The summed E-state index contributed by atoms with van der Waals surface area (Å²) in [6.07, 6.45) is 16.0. The van der Waals surface area contributed by atoms with Crippen molar-refractivity contribution in [3.63, 3.8) is 0 Å². The Morgan fingerprint density at radius 3 is 1.97 bits per heavy atom. The topological polar surface area (TPSA) is 52.7 Å². The Morgan fingerprint density at radius 1 is 0.853 bits per heavy atom. The fraction of sp³-hybridized carbons (Fsp3) is 0.931. The van der Waals surface area contributed by atoms with Crippen LogP contribution < -0.4 is 5.32 Å². The lowest BCUT2D eigenvalue weighted by Gasteiger charge is -2.38. The van der Waals surface area contributed by atoms with Gasteiger partial charge in [-0.25, -0.2) is 0 Å². The normalized spacial score (nSPS) is 29.7. The van der Waals surface area contributed by atoms with Crippen LogP contribution in [0.5, 0.6) is 0 Å². The molecule has 0 spiro atoms. The molecule has 3 aliphatic carbocycles. The summed E-state index contributed by atoms with van der Waals surface area (Å²) < 4.78 is 0. The first-order valence-corrected chi connectivity index (χ1v) is 14.6. The predicted molar refractivity (Wildman–Crippen MR) is 138 cm³/mol. The SMILES string of the molecule is CC(C)C[C@H](C(=O)N1CC2C(NC(=O)C(C3CCCCC3)C3CCCCC3)CC[C@H]2C1)N(C)C. The first kappa shape index (κ1) is 26.0. The summed E-state index contributed by atoms with van der Waals surface area (Å²) in [4.78, 5) is 31.4. The molecule has 4 aliphatic rings. The van der Waals surface area contributed by atoms with Crippen LogP contribution in [0.1, 0.15) is 97.3 Å². The van der Waals surface area contributed by atoms with E-state index in [2.05, 4.69) is 29.0 Å². The number of amides is 2. The Morgan fingerprint density at radius 2 is 1.44 bits per heavy atom. The zero-order valence-corrected chi connectivity index (χ0v) is 22.4. The minimum atomic E-state index is -0.0335. The van der Waals surface area contributed by atoms with E-state index in [-0.39, 0.29) is 18.0 Å². The third-order valence-corrected chi connectivity index (χ3v) is 9.72. The van der Waals surface area contributed by atoms with Crippen molar-refractivity contribution >= 4 is 11.8 Å². The van der Waals surface area contributed by atoms with Gasteiger partial charge in [-0.2, -0.15) is 0 Å². The van der Waals surface area contributed by atoms with Crippen LogP contribution in [0.2, 0.25) is 0 Å². The van der Waals surface area contributed by atoms with Gasteiger partial charge < -0.3 is 10.2 Å². The number of nitrogens with zero attached hydrogens (tertiary/aromatic N) is 2. The van der Waals surface area contributed by atoms with Crippen molar-refractivity contribution in [3.8, 4) is 0 Å². The zero-order valence-electron chi connectivity index (χ0n) is 22.4. The van der Waals surface area contributed by atoms with E-state index in [9.17, 15) is 9.59 Å². The maximum absolute atomic E-state index is 13.8.